The summed E-state index contributed by atoms with van der Waals surface area (Å²) in [4.78, 5) is 26.1. The second kappa shape index (κ2) is 6.40. The summed E-state index contributed by atoms with van der Waals surface area (Å²) in [5.74, 6) is 0.110. The maximum Gasteiger partial charge on any atom is 0.255 e. The number of pyridine rings is 1. The van der Waals surface area contributed by atoms with Gasteiger partial charge in [0.05, 0.1) is 23.2 Å². The van der Waals surface area contributed by atoms with E-state index in [0.717, 1.165) is 24.1 Å². The van der Waals surface area contributed by atoms with Gasteiger partial charge in [-0.2, -0.15) is 9.37 Å². The summed E-state index contributed by atoms with van der Waals surface area (Å²) in [6.45, 7) is 2.43. The van der Waals surface area contributed by atoms with Crippen molar-refractivity contribution in [1.29, 1.82) is 0 Å². The average molecular weight is 379 g/mol. The van der Waals surface area contributed by atoms with Crippen molar-refractivity contribution < 1.29 is 13.7 Å². The summed E-state index contributed by atoms with van der Waals surface area (Å²) >= 11 is 0. The number of nitrogens with zero attached hydrogens (tertiary/aromatic N) is 4. The molecule has 0 aliphatic carbocycles. The van der Waals surface area contributed by atoms with Gasteiger partial charge in [0.1, 0.15) is 0 Å². The monoisotopic (exact) mass is 379 g/mol. The molecule has 0 saturated carbocycles. The van der Waals surface area contributed by atoms with Crippen LogP contribution in [0.1, 0.15) is 46.1 Å². The maximum absolute atomic E-state index is 13.6. The Kier molecular flexibility index (Phi) is 3.85. The number of piperidine rings is 1. The molecular weight excluding hydrogens is 361 g/mol. The lowest BCUT2D eigenvalue weighted by Crippen LogP contribution is -2.45. The molecule has 2 atom stereocenters. The smallest absolute Gasteiger partial charge is 0.255 e. The van der Waals surface area contributed by atoms with Crippen LogP contribution in [0.5, 0.6) is 0 Å². The number of nitrogens with one attached hydrogen (secondary N) is 1. The fourth-order valence-corrected chi connectivity index (χ4v) is 3.90. The first kappa shape index (κ1) is 16.9. The zero-order chi connectivity index (χ0) is 19.3. The van der Waals surface area contributed by atoms with Gasteiger partial charge in [0.25, 0.3) is 5.91 Å². The molecule has 0 radical (unpaired) electrons. The number of aryl methyl sites for hydroxylation is 1. The minimum absolute atomic E-state index is 0.0346. The molecule has 2 aliphatic heterocycles. The van der Waals surface area contributed by atoms with Gasteiger partial charge in [-0.25, -0.2) is 4.98 Å². The summed E-state index contributed by atoms with van der Waals surface area (Å²) in [7, 11) is 0. The van der Waals surface area contributed by atoms with E-state index in [0.29, 0.717) is 29.4 Å². The molecule has 1 amide bonds. The molecule has 7 nitrogen and oxygen atoms in total. The predicted molar refractivity (Wildman–Crippen MR) is 98.9 cm³/mol. The molecule has 3 aromatic heterocycles. The predicted octanol–water partition coefficient (Wildman–Crippen LogP) is 3.32. The van der Waals surface area contributed by atoms with E-state index < -0.39 is 5.95 Å². The summed E-state index contributed by atoms with van der Waals surface area (Å²) in [6.07, 6.45) is 8.72. The molecule has 28 heavy (non-hydrogen) atoms. The number of carbonyl (C=O) groups is 1. The van der Waals surface area contributed by atoms with E-state index in [1.807, 2.05) is 31.3 Å². The third kappa shape index (κ3) is 2.81. The van der Waals surface area contributed by atoms with E-state index in [1.54, 1.807) is 4.90 Å². The Labute approximate surface area is 160 Å². The Morgan fingerprint density at radius 2 is 2.21 bits per heavy atom. The van der Waals surface area contributed by atoms with Crippen molar-refractivity contribution in [3.63, 3.8) is 0 Å². The minimum atomic E-state index is -0.657. The second-order valence-corrected chi connectivity index (χ2v) is 7.30. The van der Waals surface area contributed by atoms with Crippen molar-refractivity contribution in [3.8, 4) is 11.5 Å². The van der Waals surface area contributed by atoms with E-state index in [2.05, 4.69) is 20.1 Å². The number of hydrogen-bond donors (Lipinski definition) is 1. The van der Waals surface area contributed by atoms with Crippen LogP contribution >= 0.6 is 0 Å². The number of rotatable bonds is 2. The standard InChI is InChI=1S/C20H18FN5O2/c1-11-6-16(22-8-11)18-24-19(28-25-18)13-3-5-14-4-2-12-9-23-17(21)7-15(12)20(27)26(14)10-13/h2,4,6-9,13-14,22H,3,5,10H2,1H3/t13-,14-/m0/s1. The molecule has 0 bridgehead atoms. The molecule has 1 N–H and O–H groups in total. The maximum atomic E-state index is 13.6. The normalized spacial score (nSPS) is 21.4. The molecular formula is C20H18FN5O2. The van der Waals surface area contributed by atoms with Gasteiger partial charge in [0.2, 0.25) is 17.7 Å². The summed E-state index contributed by atoms with van der Waals surface area (Å²) < 4.78 is 19.1. The van der Waals surface area contributed by atoms with Crippen LogP contribution in [-0.2, 0) is 0 Å². The van der Waals surface area contributed by atoms with Crippen LogP contribution < -0.4 is 0 Å². The van der Waals surface area contributed by atoms with Gasteiger partial charge in [-0.3, -0.25) is 4.79 Å². The van der Waals surface area contributed by atoms with Gasteiger partial charge >= 0.3 is 0 Å². The van der Waals surface area contributed by atoms with Crippen molar-refractivity contribution in [1.82, 2.24) is 25.0 Å². The van der Waals surface area contributed by atoms with Crippen LogP contribution in [0.25, 0.3) is 17.6 Å². The van der Waals surface area contributed by atoms with Gasteiger partial charge in [0.15, 0.2) is 0 Å². The average Bonchev–Trinajstić information content (AvgIpc) is 3.32. The van der Waals surface area contributed by atoms with Crippen LogP contribution in [-0.4, -0.2) is 43.5 Å². The minimum Gasteiger partial charge on any atom is -0.358 e. The van der Waals surface area contributed by atoms with Crippen molar-refractivity contribution in [2.24, 2.45) is 0 Å². The molecule has 0 unspecified atom stereocenters. The number of aromatic amines is 1. The van der Waals surface area contributed by atoms with Crippen LogP contribution in [0.4, 0.5) is 4.39 Å². The second-order valence-electron chi connectivity index (χ2n) is 7.30. The van der Waals surface area contributed by atoms with Gasteiger partial charge in [-0.15, -0.1) is 0 Å². The number of fused-ring (bicyclic) bond motifs is 2. The summed E-state index contributed by atoms with van der Waals surface area (Å²) in [6, 6.07) is 3.12. The Hall–Kier alpha value is -3.29. The fraction of sp³-hybridized carbons (Fsp3) is 0.300. The topological polar surface area (TPSA) is 87.9 Å². The molecule has 3 aromatic rings. The highest BCUT2D eigenvalue weighted by Crippen LogP contribution is 2.34. The van der Waals surface area contributed by atoms with Gasteiger partial charge in [0, 0.05) is 30.6 Å². The lowest BCUT2D eigenvalue weighted by molar-refractivity contribution is 0.0629. The van der Waals surface area contributed by atoms with Gasteiger partial charge in [-0.05, 0) is 31.4 Å². The van der Waals surface area contributed by atoms with Crippen LogP contribution in [0.15, 0.2) is 35.1 Å². The van der Waals surface area contributed by atoms with Crippen LogP contribution in [0.3, 0.4) is 0 Å². The van der Waals surface area contributed by atoms with E-state index >= 15 is 0 Å². The third-order valence-electron chi connectivity index (χ3n) is 5.38. The number of halogens is 1. The Balaban J connectivity index is 1.42. The molecule has 1 saturated heterocycles. The van der Waals surface area contributed by atoms with Crippen molar-refractivity contribution in [2.75, 3.05) is 6.54 Å². The first-order chi connectivity index (χ1) is 13.6. The summed E-state index contributed by atoms with van der Waals surface area (Å²) in [5, 5.41) is 4.07. The van der Waals surface area contributed by atoms with E-state index in [-0.39, 0.29) is 17.9 Å². The Bertz CT molecular complexity index is 1090. The van der Waals surface area contributed by atoms with E-state index in [9.17, 15) is 9.18 Å². The molecule has 8 heteroatoms. The first-order valence-corrected chi connectivity index (χ1v) is 9.22. The Morgan fingerprint density at radius 1 is 1.32 bits per heavy atom. The number of hydrogen-bond acceptors (Lipinski definition) is 5. The number of carbonyl (C=O) groups excluding carboxylic acids is 1. The SMILES string of the molecule is Cc1c[nH]c(-c2noc([C@H]3CC[C@@H]4C=Cc5cnc(F)cc5C(=O)N4C3)n2)c1. The lowest BCUT2D eigenvalue weighted by atomic mass is 9.92. The van der Waals surface area contributed by atoms with Crippen molar-refractivity contribution in [2.45, 2.75) is 31.7 Å². The molecule has 0 aromatic carbocycles. The molecule has 5 heterocycles. The van der Waals surface area contributed by atoms with E-state index in [4.69, 9.17) is 4.52 Å². The molecule has 5 rings (SSSR count). The number of aromatic nitrogens is 4. The van der Waals surface area contributed by atoms with Crippen molar-refractivity contribution in [3.05, 3.63) is 59.1 Å². The quantitative estimate of drug-likeness (QED) is 0.690. The van der Waals surface area contributed by atoms with Gasteiger partial charge in [-0.1, -0.05) is 17.3 Å². The summed E-state index contributed by atoms with van der Waals surface area (Å²) in [5.41, 5.74) is 2.86. The zero-order valence-electron chi connectivity index (χ0n) is 15.2. The van der Waals surface area contributed by atoms with Crippen molar-refractivity contribution >= 4 is 12.0 Å². The largest absolute Gasteiger partial charge is 0.358 e. The Morgan fingerprint density at radius 3 is 3.04 bits per heavy atom. The highest BCUT2D eigenvalue weighted by atomic mass is 19.1. The zero-order valence-corrected chi connectivity index (χ0v) is 15.2. The van der Waals surface area contributed by atoms with E-state index in [1.165, 1.54) is 12.3 Å². The fourth-order valence-electron chi connectivity index (χ4n) is 3.90. The number of H-pyrrole nitrogens is 1. The van der Waals surface area contributed by atoms with Crippen LogP contribution in [0, 0.1) is 12.9 Å². The molecule has 0 spiro atoms. The lowest BCUT2D eigenvalue weighted by Gasteiger charge is -2.36. The third-order valence-corrected chi connectivity index (χ3v) is 5.38. The first-order valence-electron chi connectivity index (χ1n) is 9.22. The van der Waals surface area contributed by atoms with Crippen LogP contribution in [0.2, 0.25) is 0 Å². The highest BCUT2D eigenvalue weighted by molar-refractivity contribution is 5.99. The molecule has 142 valence electrons. The highest BCUT2D eigenvalue weighted by Gasteiger charge is 2.36. The molecule has 2 aliphatic rings. The van der Waals surface area contributed by atoms with Gasteiger partial charge < -0.3 is 14.4 Å². The number of amides is 1. The molecule has 1 fully saturated rings.